The molecule has 0 unspecified atom stereocenters. The van der Waals surface area contributed by atoms with E-state index in [0.29, 0.717) is 11.5 Å². The van der Waals surface area contributed by atoms with Crippen LogP contribution in [0, 0.1) is 3.57 Å². The van der Waals surface area contributed by atoms with Crippen molar-refractivity contribution in [2.24, 2.45) is 0 Å². The second-order valence-corrected chi connectivity index (χ2v) is 6.33. The van der Waals surface area contributed by atoms with E-state index in [1.165, 1.54) is 7.11 Å². The van der Waals surface area contributed by atoms with Crippen molar-refractivity contribution in [2.45, 2.75) is 26.2 Å². The maximum Gasteiger partial charge on any atom is 0.359 e. The first kappa shape index (κ1) is 14.9. The highest BCUT2D eigenvalue weighted by Crippen LogP contribution is 2.31. The molecule has 0 saturated carbocycles. The molecular weight excluding hydrogens is 371 g/mol. The van der Waals surface area contributed by atoms with Gasteiger partial charge in [0.1, 0.15) is 0 Å². The van der Waals surface area contributed by atoms with E-state index in [2.05, 4.69) is 58.7 Å². The fourth-order valence-corrected chi connectivity index (χ4v) is 3.21. The number of hydrogen-bond donors (Lipinski definition) is 0. The van der Waals surface area contributed by atoms with Crippen molar-refractivity contribution in [1.82, 2.24) is 20.0 Å². The molecule has 0 aromatic carbocycles. The predicted octanol–water partition coefficient (Wildman–Crippen LogP) is 2.35. The van der Waals surface area contributed by atoms with Crippen molar-refractivity contribution >= 4 is 28.6 Å². The van der Waals surface area contributed by atoms with Crippen LogP contribution < -0.4 is 0 Å². The normalized spacial score (nSPS) is 11.4. The molecule has 20 heavy (non-hydrogen) atoms. The number of hydrogen-bond acceptors (Lipinski definition) is 5. The molecule has 2 aromatic rings. The highest BCUT2D eigenvalue weighted by atomic mass is 127. The van der Waals surface area contributed by atoms with Crippen molar-refractivity contribution in [3.8, 4) is 5.82 Å². The Kier molecular flexibility index (Phi) is 4.07. The topological polar surface area (TPSA) is 69.9 Å². The maximum atomic E-state index is 11.8. The van der Waals surface area contributed by atoms with E-state index in [0.717, 1.165) is 9.26 Å². The molecule has 0 bridgehead atoms. The minimum Gasteiger partial charge on any atom is -0.464 e. The van der Waals surface area contributed by atoms with Crippen molar-refractivity contribution in [1.29, 1.82) is 0 Å². The highest BCUT2D eigenvalue weighted by molar-refractivity contribution is 14.1. The van der Waals surface area contributed by atoms with Gasteiger partial charge in [-0.25, -0.2) is 9.48 Å². The van der Waals surface area contributed by atoms with E-state index in [-0.39, 0.29) is 5.41 Å². The Labute approximate surface area is 130 Å². The van der Waals surface area contributed by atoms with Crippen LogP contribution in [-0.2, 0) is 10.2 Å². The number of aromatic nitrogens is 4. The van der Waals surface area contributed by atoms with Crippen molar-refractivity contribution in [3.05, 3.63) is 33.3 Å². The monoisotopic (exact) mass is 386 g/mol. The third-order valence-corrected chi connectivity index (χ3v) is 3.71. The number of nitrogens with zero attached hydrogens (tertiary/aromatic N) is 4. The second kappa shape index (κ2) is 5.47. The summed E-state index contributed by atoms with van der Waals surface area (Å²) < 4.78 is 7.20. The molecule has 0 radical (unpaired) electrons. The molecule has 2 aromatic heterocycles. The van der Waals surface area contributed by atoms with Gasteiger partial charge in [-0.1, -0.05) is 20.8 Å². The summed E-state index contributed by atoms with van der Waals surface area (Å²) in [5.41, 5.74) is 0.996. The molecule has 106 valence electrons. The number of methoxy groups -OCH3 is 1. The third-order valence-electron chi connectivity index (χ3n) is 2.69. The fourth-order valence-electron chi connectivity index (χ4n) is 1.85. The standard InChI is InChI=1S/C13H15IN4O2/c1-13(2,3)11-9(14)10(12(19)20-4)17-18(11)8-6-5-7-15-16-8/h5-7H,1-4H3. The van der Waals surface area contributed by atoms with Crippen LogP contribution >= 0.6 is 22.6 Å². The molecule has 0 aliphatic rings. The summed E-state index contributed by atoms with van der Waals surface area (Å²) in [6, 6.07) is 3.58. The molecule has 0 amide bonds. The van der Waals surface area contributed by atoms with Gasteiger partial charge in [0.2, 0.25) is 0 Å². The number of halogens is 1. The molecule has 0 aliphatic heterocycles. The molecule has 0 spiro atoms. The number of ether oxygens (including phenoxy) is 1. The second-order valence-electron chi connectivity index (χ2n) is 5.25. The van der Waals surface area contributed by atoms with Crippen LogP contribution in [0.4, 0.5) is 0 Å². The molecule has 2 heterocycles. The number of rotatable bonds is 2. The Morgan fingerprint density at radius 2 is 2.10 bits per heavy atom. The van der Waals surface area contributed by atoms with Crippen LogP contribution in [0.3, 0.4) is 0 Å². The molecule has 0 saturated heterocycles. The van der Waals surface area contributed by atoms with E-state index >= 15 is 0 Å². The zero-order chi connectivity index (χ0) is 14.9. The van der Waals surface area contributed by atoms with Crippen molar-refractivity contribution in [2.75, 3.05) is 7.11 Å². The average Bonchev–Trinajstić information content (AvgIpc) is 2.76. The lowest BCUT2D eigenvalue weighted by atomic mass is 9.92. The third kappa shape index (κ3) is 2.67. The lowest BCUT2D eigenvalue weighted by Crippen LogP contribution is -2.19. The lowest BCUT2D eigenvalue weighted by Gasteiger charge is -2.20. The summed E-state index contributed by atoms with van der Waals surface area (Å²) in [6.45, 7) is 6.17. The molecule has 0 fully saturated rings. The quantitative estimate of drug-likeness (QED) is 0.586. The molecule has 7 heteroatoms. The van der Waals surface area contributed by atoms with Gasteiger partial charge in [0.05, 0.1) is 16.4 Å². The fraction of sp³-hybridized carbons (Fsp3) is 0.385. The van der Waals surface area contributed by atoms with Gasteiger partial charge in [-0.05, 0) is 34.7 Å². The predicted molar refractivity (Wildman–Crippen MR) is 81.9 cm³/mol. The first-order valence-corrected chi connectivity index (χ1v) is 7.09. The van der Waals surface area contributed by atoms with Gasteiger partial charge >= 0.3 is 5.97 Å². The van der Waals surface area contributed by atoms with E-state index in [1.807, 2.05) is 0 Å². The Morgan fingerprint density at radius 1 is 1.40 bits per heavy atom. The van der Waals surface area contributed by atoms with Gasteiger partial charge in [0.25, 0.3) is 0 Å². The van der Waals surface area contributed by atoms with Gasteiger partial charge in [0.15, 0.2) is 11.5 Å². The molecule has 0 N–H and O–H groups in total. The molecular formula is C13H15IN4O2. The Balaban J connectivity index is 2.71. The summed E-state index contributed by atoms with van der Waals surface area (Å²) in [7, 11) is 1.34. The largest absolute Gasteiger partial charge is 0.464 e. The van der Waals surface area contributed by atoms with Gasteiger partial charge < -0.3 is 4.74 Å². The van der Waals surface area contributed by atoms with E-state index in [9.17, 15) is 4.79 Å². The summed E-state index contributed by atoms with van der Waals surface area (Å²) in [6.07, 6.45) is 1.59. The lowest BCUT2D eigenvalue weighted by molar-refractivity contribution is 0.0592. The van der Waals surface area contributed by atoms with Crippen LogP contribution in [0.1, 0.15) is 37.0 Å². The Morgan fingerprint density at radius 3 is 2.60 bits per heavy atom. The van der Waals surface area contributed by atoms with Gasteiger partial charge in [-0.15, -0.1) is 5.10 Å². The number of carbonyl (C=O) groups excluding carboxylic acids is 1. The summed E-state index contributed by atoms with van der Waals surface area (Å²) in [4.78, 5) is 11.8. The van der Waals surface area contributed by atoms with Crippen LogP contribution in [0.25, 0.3) is 5.82 Å². The summed E-state index contributed by atoms with van der Waals surface area (Å²) in [5, 5.41) is 12.3. The van der Waals surface area contributed by atoms with Crippen LogP contribution in [0.5, 0.6) is 0 Å². The SMILES string of the molecule is COC(=O)c1nn(-c2cccnn2)c(C(C)(C)C)c1I. The zero-order valence-electron chi connectivity index (χ0n) is 11.7. The van der Waals surface area contributed by atoms with Gasteiger partial charge in [-0.3, -0.25) is 0 Å². The highest BCUT2D eigenvalue weighted by Gasteiger charge is 2.30. The molecule has 6 nitrogen and oxygen atoms in total. The smallest absolute Gasteiger partial charge is 0.359 e. The molecule has 2 rings (SSSR count). The van der Waals surface area contributed by atoms with Crippen LogP contribution in [0.15, 0.2) is 18.3 Å². The van der Waals surface area contributed by atoms with E-state index in [4.69, 9.17) is 4.74 Å². The summed E-state index contributed by atoms with van der Waals surface area (Å²) >= 11 is 2.12. The minimum atomic E-state index is -0.456. The van der Waals surface area contributed by atoms with E-state index in [1.54, 1.807) is 23.0 Å². The molecule has 0 atom stereocenters. The number of esters is 1. The van der Waals surface area contributed by atoms with E-state index < -0.39 is 5.97 Å². The average molecular weight is 386 g/mol. The van der Waals surface area contributed by atoms with Gasteiger partial charge in [0, 0.05) is 11.6 Å². The van der Waals surface area contributed by atoms with Crippen LogP contribution in [0.2, 0.25) is 0 Å². The first-order valence-electron chi connectivity index (χ1n) is 6.01. The Bertz CT molecular complexity index is 632. The zero-order valence-corrected chi connectivity index (χ0v) is 13.9. The van der Waals surface area contributed by atoms with Crippen LogP contribution in [-0.4, -0.2) is 33.1 Å². The number of carbonyl (C=O) groups is 1. The first-order chi connectivity index (χ1) is 9.36. The van der Waals surface area contributed by atoms with Gasteiger partial charge in [-0.2, -0.15) is 10.2 Å². The van der Waals surface area contributed by atoms with Crippen molar-refractivity contribution < 1.29 is 9.53 Å². The van der Waals surface area contributed by atoms with Crippen molar-refractivity contribution in [3.63, 3.8) is 0 Å². The maximum absolute atomic E-state index is 11.8. The summed E-state index contributed by atoms with van der Waals surface area (Å²) in [5.74, 6) is 0.119. The minimum absolute atomic E-state index is 0.201. The molecule has 0 aliphatic carbocycles. The Hall–Kier alpha value is -1.51.